The predicted molar refractivity (Wildman–Crippen MR) is 94.5 cm³/mol. The van der Waals surface area contributed by atoms with Crippen molar-refractivity contribution in [3.63, 3.8) is 0 Å². The van der Waals surface area contributed by atoms with Crippen molar-refractivity contribution in [2.75, 3.05) is 18.5 Å². The molecule has 136 valence electrons. The second-order valence-corrected chi connectivity index (χ2v) is 7.54. The maximum absolute atomic E-state index is 12.9. The van der Waals surface area contributed by atoms with E-state index < -0.39 is 0 Å². The van der Waals surface area contributed by atoms with Crippen LogP contribution in [0.1, 0.15) is 23.4 Å². The Morgan fingerprint density at radius 1 is 1.31 bits per heavy atom. The Hall–Kier alpha value is -2.48. The van der Waals surface area contributed by atoms with Crippen LogP contribution in [0.2, 0.25) is 0 Å². The number of aromatic nitrogens is 1. The molecule has 1 saturated carbocycles. The molecular formula is C18H18FN3O3S. The summed E-state index contributed by atoms with van der Waals surface area (Å²) in [5, 5.41) is 3.48. The minimum atomic E-state index is -0.345. The quantitative estimate of drug-likeness (QED) is 0.872. The highest BCUT2D eigenvalue weighted by Gasteiger charge is 2.31. The third-order valence-electron chi connectivity index (χ3n) is 4.44. The van der Waals surface area contributed by atoms with Gasteiger partial charge in [0.25, 0.3) is 5.91 Å². The normalized spacial score (nSPS) is 16.1. The van der Waals surface area contributed by atoms with E-state index in [1.807, 2.05) is 0 Å². The van der Waals surface area contributed by atoms with Gasteiger partial charge in [-0.05, 0) is 37.1 Å². The van der Waals surface area contributed by atoms with E-state index in [-0.39, 0.29) is 30.2 Å². The number of halogens is 1. The van der Waals surface area contributed by atoms with E-state index in [4.69, 9.17) is 4.74 Å². The smallest absolute Gasteiger partial charge is 0.260 e. The number of rotatable bonds is 5. The van der Waals surface area contributed by atoms with Gasteiger partial charge in [0.15, 0.2) is 11.7 Å². The summed E-state index contributed by atoms with van der Waals surface area (Å²) >= 11 is 1.43. The van der Waals surface area contributed by atoms with Crippen molar-refractivity contribution in [3.05, 3.63) is 40.7 Å². The first-order valence-electron chi connectivity index (χ1n) is 8.54. The molecule has 1 aliphatic heterocycles. The lowest BCUT2D eigenvalue weighted by Crippen LogP contribution is -2.38. The minimum absolute atomic E-state index is 0.0386. The second-order valence-electron chi connectivity index (χ2n) is 6.46. The van der Waals surface area contributed by atoms with Crippen LogP contribution in [0.5, 0.6) is 5.75 Å². The first kappa shape index (κ1) is 17.0. The van der Waals surface area contributed by atoms with Crippen molar-refractivity contribution < 1.29 is 18.7 Å². The summed E-state index contributed by atoms with van der Waals surface area (Å²) in [6, 6.07) is 5.58. The SMILES string of the molecule is O=C(Nc1nc2c(s1)CN(C(=O)COc1ccc(F)cc1)CC2)C1CC1. The van der Waals surface area contributed by atoms with Gasteiger partial charge in [0, 0.05) is 23.8 Å². The standard InChI is InChI=1S/C18H18FN3O3S/c19-12-3-5-13(6-4-12)25-10-16(23)22-8-7-14-15(9-22)26-18(20-14)21-17(24)11-1-2-11/h3-6,11H,1-2,7-10H2,(H,20,21,24). The molecular weight excluding hydrogens is 357 g/mol. The molecule has 0 atom stereocenters. The third kappa shape index (κ3) is 3.85. The minimum Gasteiger partial charge on any atom is -0.484 e. The van der Waals surface area contributed by atoms with Gasteiger partial charge in [0.1, 0.15) is 11.6 Å². The third-order valence-corrected chi connectivity index (χ3v) is 5.44. The van der Waals surface area contributed by atoms with E-state index in [0.717, 1.165) is 23.4 Å². The van der Waals surface area contributed by atoms with E-state index in [1.165, 1.54) is 35.6 Å². The Bertz CT molecular complexity index is 833. The number of anilines is 1. The van der Waals surface area contributed by atoms with Gasteiger partial charge < -0.3 is 15.0 Å². The molecule has 2 amide bonds. The number of fused-ring (bicyclic) bond motifs is 1. The van der Waals surface area contributed by atoms with Crippen LogP contribution in [0.25, 0.3) is 0 Å². The summed E-state index contributed by atoms with van der Waals surface area (Å²) in [6.07, 6.45) is 2.56. The van der Waals surface area contributed by atoms with Gasteiger partial charge in [-0.15, -0.1) is 0 Å². The second kappa shape index (κ2) is 7.03. The number of thiazole rings is 1. The van der Waals surface area contributed by atoms with E-state index >= 15 is 0 Å². The zero-order valence-electron chi connectivity index (χ0n) is 14.0. The fraction of sp³-hybridized carbons (Fsp3) is 0.389. The number of carbonyl (C=O) groups is 2. The van der Waals surface area contributed by atoms with E-state index in [9.17, 15) is 14.0 Å². The molecule has 0 radical (unpaired) electrons. The first-order valence-corrected chi connectivity index (χ1v) is 9.36. The lowest BCUT2D eigenvalue weighted by molar-refractivity contribution is -0.134. The molecule has 0 saturated heterocycles. The number of hydrogen-bond donors (Lipinski definition) is 1. The molecule has 6 nitrogen and oxygen atoms in total. The molecule has 1 aliphatic carbocycles. The van der Waals surface area contributed by atoms with E-state index in [0.29, 0.717) is 30.4 Å². The fourth-order valence-corrected chi connectivity index (χ4v) is 3.81. The van der Waals surface area contributed by atoms with Crippen LogP contribution in [0, 0.1) is 11.7 Å². The Morgan fingerprint density at radius 3 is 2.81 bits per heavy atom. The molecule has 8 heteroatoms. The van der Waals surface area contributed by atoms with Gasteiger partial charge in [-0.3, -0.25) is 9.59 Å². The zero-order valence-corrected chi connectivity index (χ0v) is 14.9. The number of ether oxygens (including phenoxy) is 1. The topological polar surface area (TPSA) is 71.5 Å². The van der Waals surface area contributed by atoms with Crippen LogP contribution in [0.15, 0.2) is 24.3 Å². The van der Waals surface area contributed by atoms with Gasteiger partial charge in [-0.1, -0.05) is 11.3 Å². The lowest BCUT2D eigenvalue weighted by Gasteiger charge is -2.26. The highest BCUT2D eigenvalue weighted by atomic mass is 32.1. The highest BCUT2D eigenvalue weighted by Crippen LogP contribution is 2.33. The first-order chi connectivity index (χ1) is 12.6. The molecule has 4 rings (SSSR count). The van der Waals surface area contributed by atoms with Crippen molar-refractivity contribution in [2.24, 2.45) is 5.92 Å². The van der Waals surface area contributed by atoms with Gasteiger partial charge in [-0.2, -0.15) is 0 Å². The Morgan fingerprint density at radius 2 is 2.08 bits per heavy atom. The molecule has 2 aromatic rings. The average molecular weight is 375 g/mol. The Balaban J connectivity index is 1.33. The number of nitrogens with one attached hydrogen (secondary N) is 1. The molecule has 2 heterocycles. The number of benzene rings is 1. The molecule has 0 spiro atoms. The Kier molecular flexibility index (Phi) is 4.58. The maximum atomic E-state index is 12.9. The summed E-state index contributed by atoms with van der Waals surface area (Å²) < 4.78 is 18.3. The number of amides is 2. The monoisotopic (exact) mass is 375 g/mol. The molecule has 26 heavy (non-hydrogen) atoms. The van der Waals surface area contributed by atoms with E-state index in [1.54, 1.807) is 4.90 Å². The molecule has 2 aliphatic rings. The molecule has 1 N–H and O–H groups in total. The number of hydrogen-bond acceptors (Lipinski definition) is 5. The van der Waals surface area contributed by atoms with Crippen LogP contribution < -0.4 is 10.1 Å². The van der Waals surface area contributed by atoms with Crippen molar-refractivity contribution >= 4 is 28.3 Å². The molecule has 1 aromatic carbocycles. The molecule has 0 bridgehead atoms. The maximum Gasteiger partial charge on any atom is 0.260 e. The average Bonchev–Trinajstić information content (AvgIpc) is 3.41. The van der Waals surface area contributed by atoms with Gasteiger partial charge >= 0.3 is 0 Å². The largest absolute Gasteiger partial charge is 0.484 e. The fourth-order valence-electron chi connectivity index (χ4n) is 2.78. The molecule has 1 fully saturated rings. The lowest BCUT2D eigenvalue weighted by atomic mass is 10.2. The summed E-state index contributed by atoms with van der Waals surface area (Å²) in [4.78, 5) is 31.4. The highest BCUT2D eigenvalue weighted by molar-refractivity contribution is 7.15. The summed E-state index contributed by atoms with van der Waals surface area (Å²) in [5.74, 6) is 0.161. The van der Waals surface area contributed by atoms with Crippen LogP contribution in [0.4, 0.5) is 9.52 Å². The summed E-state index contributed by atoms with van der Waals surface area (Å²) in [6.45, 7) is 0.946. The van der Waals surface area contributed by atoms with E-state index in [2.05, 4.69) is 10.3 Å². The van der Waals surface area contributed by atoms with Crippen molar-refractivity contribution in [2.45, 2.75) is 25.8 Å². The summed E-state index contributed by atoms with van der Waals surface area (Å²) in [7, 11) is 0. The van der Waals surface area contributed by atoms with Crippen LogP contribution in [0.3, 0.4) is 0 Å². The molecule has 1 aromatic heterocycles. The van der Waals surface area contributed by atoms with Gasteiger partial charge in [-0.25, -0.2) is 9.37 Å². The van der Waals surface area contributed by atoms with Crippen molar-refractivity contribution in [3.8, 4) is 5.75 Å². The van der Waals surface area contributed by atoms with Crippen LogP contribution in [-0.2, 0) is 22.6 Å². The van der Waals surface area contributed by atoms with Crippen LogP contribution in [-0.4, -0.2) is 34.8 Å². The predicted octanol–water partition coefficient (Wildman–Crippen LogP) is 2.59. The van der Waals surface area contributed by atoms with Crippen LogP contribution >= 0.6 is 11.3 Å². The van der Waals surface area contributed by atoms with Crippen molar-refractivity contribution in [1.29, 1.82) is 0 Å². The van der Waals surface area contributed by atoms with Gasteiger partial charge in [0.05, 0.1) is 12.2 Å². The van der Waals surface area contributed by atoms with Gasteiger partial charge in [0.2, 0.25) is 5.91 Å². The summed E-state index contributed by atoms with van der Waals surface area (Å²) in [5.41, 5.74) is 0.949. The molecule has 0 unspecified atom stereocenters. The number of carbonyl (C=O) groups excluding carboxylic acids is 2. The number of nitrogens with zero attached hydrogens (tertiary/aromatic N) is 2. The zero-order chi connectivity index (χ0) is 18.1. The Labute approximate surface area is 154 Å². The van der Waals surface area contributed by atoms with Crippen molar-refractivity contribution in [1.82, 2.24) is 9.88 Å².